The summed E-state index contributed by atoms with van der Waals surface area (Å²) >= 11 is 5.81. The number of aliphatic hydroxyl groups is 1. The maximum Gasteiger partial charge on any atom is 0.416 e. The van der Waals surface area contributed by atoms with Crippen LogP contribution in [0.5, 0.6) is 0 Å². The number of hydrogen-bond acceptors (Lipinski definition) is 5. The van der Waals surface area contributed by atoms with Crippen molar-refractivity contribution in [2.24, 2.45) is 0 Å². The molecule has 0 aliphatic carbocycles. The Labute approximate surface area is 180 Å². The lowest BCUT2D eigenvalue weighted by Crippen LogP contribution is -2.37. The van der Waals surface area contributed by atoms with Gasteiger partial charge in [-0.05, 0) is 24.3 Å². The van der Waals surface area contributed by atoms with E-state index >= 15 is 0 Å². The highest BCUT2D eigenvalue weighted by molar-refractivity contribution is 6.30. The smallest absolute Gasteiger partial charge is 0.382 e. The SMILES string of the molecule is O=c1n(Cc2ncn(CCC(F)(F)F)n2)nc(-c2ccc(Cl)cc2)n1C[C@H](O)C(F)(F)F. The molecule has 15 heteroatoms. The van der Waals surface area contributed by atoms with Gasteiger partial charge in [0.05, 0.1) is 19.5 Å². The molecular weight excluding hydrogens is 470 g/mol. The second-order valence-corrected chi connectivity index (χ2v) is 7.16. The molecule has 0 saturated carbocycles. The number of benzene rings is 1. The lowest BCUT2D eigenvalue weighted by Gasteiger charge is -2.15. The van der Waals surface area contributed by atoms with E-state index in [9.17, 15) is 36.2 Å². The molecule has 0 saturated heterocycles. The maximum atomic E-state index is 12.9. The van der Waals surface area contributed by atoms with Crippen molar-refractivity contribution in [3.8, 4) is 11.4 Å². The van der Waals surface area contributed by atoms with Crippen molar-refractivity contribution in [1.82, 2.24) is 29.1 Å². The second-order valence-electron chi connectivity index (χ2n) is 6.73. The molecule has 0 amide bonds. The van der Waals surface area contributed by atoms with Gasteiger partial charge in [0.25, 0.3) is 0 Å². The molecule has 2 heterocycles. The summed E-state index contributed by atoms with van der Waals surface area (Å²) in [5, 5.41) is 17.6. The van der Waals surface area contributed by atoms with Gasteiger partial charge in [0.2, 0.25) is 0 Å². The molecular formula is C17H15ClF6N6O2. The number of halogens is 7. The van der Waals surface area contributed by atoms with E-state index in [-0.39, 0.29) is 17.2 Å². The number of nitrogens with zero attached hydrogens (tertiary/aromatic N) is 6. The minimum atomic E-state index is -4.97. The summed E-state index contributed by atoms with van der Waals surface area (Å²) in [6, 6.07) is 5.73. The fraction of sp³-hybridized carbons (Fsp3) is 0.412. The molecule has 0 spiro atoms. The summed E-state index contributed by atoms with van der Waals surface area (Å²) in [4.78, 5) is 16.5. The van der Waals surface area contributed by atoms with Gasteiger partial charge in [-0.15, -0.1) is 5.10 Å². The molecule has 0 fully saturated rings. The topological polar surface area (TPSA) is 90.8 Å². The molecule has 0 aliphatic heterocycles. The third-order valence-electron chi connectivity index (χ3n) is 4.26. The predicted octanol–water partition coefficient (Wildman–Crippen LogP) is 2.88. The molecule has 1 N–H and O–H groups in total. The Kier molecular flexibility index (Phi) is 6.64. The van der Waals surface area contributed by atoms with Crippen molar-refractivity contribution >= 4 is 11.6 Å². The molecule has 0 unspecified atom stereocenters. The summed E-state index contributed by atoms with van der Waals surface area (Å²) in [7, 11) is 0. The Bertz CT molecular complexity index is 1120. The third-order valence-corrected chi connectivity index (χ3v) is 4.51. The first-order valence-electron chi connectivity index (χ1n) is 8.97. The number of alkyl halides is 6. The van der Waals surface area contributed by atoms with Gasteiger partial charge in [0.1, 0.15) is 12.9 Å². The number of rotatable bonds is 7. The molecule has 1 aromatic carbocycles. The Balaban J connectivity index is 1.91. The first-order chi connectivity index (χ1) is 14.8. The van der Waals surface area contributed by atoms with Gasteiger partial charge in [0.15, 0.2) is 17.8 Å². The highest BCUT2D eigenvalue weighted by Crippen LogP contribution is 2.24. The van der Waals surface area contributed by atoms with Crippen LogP contribution in [-0.2, 0) is 19.6 Å². The minimum Gasteiger partial charge on any atom is -0.382 e. The Hall–Kier alpha value is -2.87. The van der Waals surface area contributed by atoms with Gasteiger partial charge >= 0.3 is 18.0 Å². The first-order valence-corrected chi connectivity index (χ1v) is 9.35. The summed E-state index contributed by atoms with van der Waals surface area (Å²) in [6.45, 7) is -2.02. The second kappa shape index (κ2) is 8.94. The third kappa shape index (κ3) is 5.88. The van der Waals surface area contributed by atoms with Crippen LogP contribution < -0.4 is 5.69 Å². The van der Waals surface area contributed by atoms with E-state index in [1.54, 1.807) is 0 Å². The van der Waals surface area contributed by atoms with Crippen LogP contribution in [0, 0.1) is 0 Å². The van der Waals surface area contributed by atoms with Gasteiger partial charge in [-0.2, -0.15) is 31.4 Å². The summed E-state index contributed by atoms with van der Waals surface area (Å²) in [5.41, 5.74) is -0.742. The quantitative estimate of drug-likeness (QED) is 0.521. The lowest BCUT2D eigenvalue weighted by atomic mass is 10.2. The molecule has 0 radical (unpaired) electrons. The summed E-state index contributed by atoms with van der Waals surface area (Å²) in [6.07, 6.45) is -12.3. The van der Waals surface area contributed by atoms with E-state index in [1.807, 2.05) is 0 Å². The van der Waals surface area contributed by atoms with Crippen LogP contribution in [0.15, 0.2) is 35.4 Å². The van der Waals surface area contributed by atoms with Crippen LogP contribution in [0.25, 0.3) is 11.4 Å². The van der Waals surface area contributed by atoms with E-state index in [0.717, 1.165) is 15.7 Å². The standard InChI is InChI=1S/C17H15ClF6N6O2/c18-11-3-1-10(2-4-11)14-27-30(15(32)29(14)7-12(31)17(22,23)24)8-13-25-9-28(26-13)6-5-16(19,20)21/h1-4,9,12,31H,5-8H2/t12-/m0/s1. The predicted molar refractivity (Wildman–Crippen MR) is 98.8 cm³/mol. The molecule has 1 atom stereocenters. The van der Waals surface area contributed by atoms with Crippen LogP contribution in [0.1, 0.15) is 12.2 Å². The van der Waals surface area contributed by atoms with Crippen molar-refractivity contribution < 1.29 is 31.4 Å². The number of aryl methyl sites for hydroxylation is 1. The van der Waals surface area contributed by atoms with Gasteiger partial charge < -0.3 is 5.11 Å². The molecule has 32 heavy (non-hydrogen) atoms. The highest BCUT2D eigenvalue weighted by Gasteiger charge is 2.39. The molecule has 174 valence electrons. The van der Waals surface area contributed by atoms with Gasteiger partial charge in [-0.1, -0.05) is 11.6 Å². The summed E-state index contributed by atoms with van der Waals surface area (Å²) < 4.78 is 77.9. The Morgan fingerprint density at radius 2 is 1.72 bits per heavy atom. The van der Waals surface area contributed by atoms with Crippen LogP contribution in [0.2, 0.25) is 5.02 Å². The maximum absolute atomic E-state index is 12.9. The van der Waals surface area contributed by atoms with Crippen LogP contribution >= 0.6 is 11.6 Å². The fourth-order valence-corrected chi connectivity index (χ4v) is 2.81. The van der Waals surface area contributed by atoms with E-state index in [2.05, 4.69) is 15.2 Å². The normalized spacial score (nSPS) is 13.5. The fourth-order valence-electron chi connectivity index (χ4n) is 2.69. The lowest BCUT2D eigenvalue weighted by molar-refractivity contribution is -0.207. The van der Waals surface area contributed by atoms with E-state index in [1.165, 1.54) is 24.3 Å². The minimum absolute atomic E-state index is 0.0713. The molecule has 0 aliphatic rings. The molecule has 8 nitrogen and oxygen atoms in total. The van der Waals surface area contributed by atoms with Crippen LogP contribution in [0.3, 0.4) is 0 Å². The zero-order valence-electron chi connectivity index (χ0n) is 16.0. The number of hydrogen-bond donors (Lipinski definition) is 1. The molecule has 3 aromatic rings. The highest BCUT2D eigenvalue weighted by atomic mass is 35.5. The average Bonchev–Trinajstić information content (AvgIpc) is 3.26. The average molecular weight is 485 g/mol. The van der Waals surface area contributed by atoms with Crippen molar-refractivity contribution in [3.63, 3.8) is 0 Å². The van der Waals surface area contributed by atoms with Gasteiger partial charge in [0, 0.05) is 10.6 Å². The van der Waals surface area contributed by atoms with Crippen molar-refractivity contribution in [2.45, 2.75) is 44.5 Å². The van der Waals surface area contributed by atoms with Gasteiger partial charge in [-0.3, -0.25) is 9.25 Å². The Morgan fingerprint density at radius 1 is 1.06 bits per heavy atom. The number of aromatic nitrogens is 6. The zero-order chi connectivity index (χ0) is 23.7. The zero-order valence-corrected chi connectivity index (χ0v) is 16.7. The number of aliphatic hydroxyl groups excluding tert-OH is 1. The molecule has 3 rings (SSSR count). The van der Waals surface area contributed by atoms with Crippen LogP contribution in [0.4, 0.5) is 26.3 Å². The van der Waals surface area contributed by atoms with E-state index in [0.29, 0.717) is 9.59 Å². The molecule has 0 bridgehead atoms. The largest absolute Gasteiger partial charge is 0.416 e. The summed E-state index contributed by atoms with van der Waals surface area (Å²) in [5.74, 6) is -0.246. The van der Waals surface area contributed by atoms with E-state index < -0.39 is 50.2 Å². The van der Waals surface area contributed by atoms with Crippen molar-refractivity contribution in [2.75, 3.05) is 0 Å². The van der Waals surface area contributed by atoms with Crippen molar-refractivity contribution in [1.29, 1.82) is 0 Å². The van der Waals surface area contributed by atoms with Gasteiger partial charge in [-0.25, -0.2) is 14.5 Å². The molecule has 2 aromatic heterocycles. The van der Waals surface area contributed by atoms with Crippen molar-refractivity contribution in [3.05, 3.63) is 51.9 Å². The van der Waals surface area contributed by atoms with E-state index in [4.69, 9.17) is 11.6 Å². The van der Waals surface area contributed by atoms with Crippen LogP contribution in [-0.4, -0.2) is 52.7 Å². The Morgan fingerprint density at radius 3 is 2.31 bits per heavy atom. The monoisotopic (exact) mass is 484 g/mol. The first kappa shape index (κ1) is 23.8.